The van der Waals surface area contributed by atoms with Crippen LogP contribution in [0.4, 0.5) is 13.2 Å². The monoisotopic (exact) mass is 395 g/mol. The molecule has 0 fully saturated rings. The predicted molar refractivity (Wildman–Crippen MR) is 102 cm³/mol. The summed E-state index contributed by atoms with van der Waals surface area (Å²) in [6.07, 6.45) is -1.62. The van der Waals surface area contributed by atoms with E-state index in [-0.39, 0.29) is 6.54 Å². The van der Waals surface area contributed by atoms with E-state index in [2.05, 4.69) is 50.7 Å². The molecular weight excluding hydrogens is 375 g/mol. The summed E-state index contributed by atoms with van der Waals surface area (Å²) in [5, 5.41) is 8.72. The molecule has 2 heterocycles. The van der Waals surface area contributed by atoms with Crippen LogP contribution >= 0.6 is 11.3 Å². The number of nitrogens with zero attached hydrogens (tertiary/aromatic N) is 2. The van der Waals surface area contributed by atoms with Gasteiger partial charge in [0.15, 0.2) is 11.7 Å². The number of rotatable bonds is 5. The summed E-state index contributed by atoms with van der Waals surface area (Å²) in [4.78, 5) is 11.0. The zero-order valence-electron chi connectivity index (χ0n) is 14.9. The highest BCUT2D eigenvalue weighted by Crippen LogP contribution is 2.29. The van der Waals surface area contributed by atoms with Crippen molar-refractivity contribution in [2.75, 3.05) is 13.6 Å². The zero-order chi connectivity index (χ0) is 19.4. The van der Waals surface area contributed by atoms with E-state index in [1.54, 1.807) is 7.05 Å². The lowest BCUT2D eigenvalue weighted by Gasteiger charge is -2.10. The molecule has 1 aromatic carbocycles. The van der Waals surface area contributed by atoms with Gasteiger partial charge in [0.05, 0.1) is 6.54 Å². The molecule has 0 saturated heterocycles. The number of hydrogen-bond acceptors (Lipinski definition) is 3. The predicted octanol–water partition coefficient (Wildman–Crippen LogP) is 3.86. The van der Waals surface area contributed by atoms with E-state index in [0.717, 1.165) is 28.7 Å². The van der Waals surface area contributed by atoms with Gasteiger partial charge in [0.1, 0.15) is 5.01 Å². The minimum absolute atomic E-state index is 0.187. The number of H-pyrrole nitrogens is 1. The van der Waals surface area contributed by atoms with Crippen LogP contribution in [0.2, 0.25) is 0 Å². The Bertz CT molecular complexity index is 942. The molecule has 0 aliphatic carbocycles. The molecule has 27 heavy (non-hydrogen) atoms. The fraction of sp³-hybridized carbons (Fsp3) is 0.333. The van der Waals surface area contributed by atoms with Crippen molar-refractivity contribution in [3.63, 3.8) is 0 Å². The summed E-state index contributed by atoms with van der Waals surface area (Å²) in [7, 11) is 1.62. The van der Waals surface area contributed by atoms with Crippen LogP contribution in [0.1, 0.15) is 21.8 Å². The second-order valence-electron chi connectivity index (χ2n) is 6.09. The second kappa shape index (κ2) is 7.99. The van der Waals surface area contributed by atoms with Crippen molar-refractivity contribution in [3.05, 3.63) is 51.6 Å². The third kappa shape index (κ3) is 4.79. The summed E-state index contributed by atoms with van der Waals surface area (Å²) in [5.74, 6) is 0.523. The van der Waals surface area contributed by atoms with Crippen LogP contribution in [0, 0.1) is 6.92 Å². The molecule has 2 aromatic heterocycles. The van der Waals surface area contributed by atoms with Gasteiger partial charge in [0.2, 0.25) is 0 Å². The van der Waals surface area contributed by atoms with Crippen LogP contribution in [0.15, 0.2) is 34.8 Å². The Morgan fingerprint density at radius 1 is 1.30 bits per heavy atom. The highest BCUT2D eigenvalue weighted by Gasteiger charge is 2.33. The largest absolute Gasteiger partial charge is 0.434 e. The Morgan fingerprint density at radius 2 is 2.11 bits per heavy atom. The first kappa shape index (κ1) is 19.2. The standard InChI is InChI=1S/C18H20F3N5S/c1-11-3-4-13-12(8-24-14(13)7-11)5-6-23-17(22-2)25-9-16-26-15(10-27-16)18(19,20)21/h3-4,7-8,10,24H,5-6,9H2,1-2H3,(H2,22,23,25). The van der Waals surface area contributed by atoms with Gasteiger partial charge < -0.3 is 15.6 Å². The molecule has 0 saturated carbocycles. The summed E-state index contributed by atoms with van der Waals surface area (Å²) in [6, 6.07) is 6.29. The van der Waals surface area contributed by atoms with Crippen LogP contribution in [-0.4, -0.2) is 29.5 Å². The van der Waals surface area contributed by atoms with Crippen LogP contribution in [-0.2, 0) is 19.1 Å². The minimum atomic E-state index is -4.41. The zero-order valence-corrected chi connectivity index (χ0v) is 15.8. The van der Waals surface area contributed by atoms with Gasteiger partial charge >= 0.3 is 6.18 Å². The number of aryl methyl sites for hydroxylation is 1. The van der Waals surface area contributed by atoms with Gasteiger partial charge in [-0.1, -0.05) is 12.1 Å². The maximum Gasteiger partial charge on any atom is 0.434 e. The Kier molecular flexibility index (Phi) is 5.69. The quantitative estimate of drug-likeness (QED) is 0.454. The van der Waals surface area contributed by atoms with Crippen molar-refractivity contribution in [2.24, 2.45) is 4.99 Å². The lowest BCUT2D eigenvalue weighted by Crippen LogP contribution is -2.37. The summed E-state index contributed by atoms with van der Waals surface area (Å²) < 4.78 is 37.8. The molecule has 3 aromatic rings. The number of guanidine groups is 1. The smallest absolute Gasteiger partial charge is 0.361 e. The SMILES string of the molecule is CN=C(NCCc1c[nH]c2cc(C)ccc12)NCc1nc(C(F)(F)F)cs1. The van der Waals surface area contributed by atoms with E-state index in [1.807, 2.05) is 6.20 Å². The molecule has 3 N–H and O–H groups in total. The summed E-state index contributed by atoms with van der Waals surface area (Å²) >= 11 is 0.973. The van der Waals surface area contributed by atoms with Gasteiger partial charge in [-0.15, -0.1) is 11.3 Å². The van der Waals surface area contributed by atoms with Crippen molar-refractivity contribution in [1.82, 2.24) is 20.6 Å². The normalized spacial score (nSPS) is 12.6. The molecule has 9 heteroatoms. The lowest BCUT2D eigenvalue weighted by molar-refractivity contribution is -0.140. The van der Waals surface area contributed by atoms with E-state index >= 15 is 0 Å². The number of aliphatic imine (C=N–C) groups is 1. The first-order valence-electron chi connectivity index (χ1n) is 8.39. The third-order valence-electron chi connectivity index (χ3n) is 4.08. The summed E-state index contributed by atoms with van der Waals surface area (Å²) in [5.41, 5.74) is 2.65. The number of thiazole rings is 1. The first-order valence-corrected chi connectivity index (χ1v) is 9.27. The topological polar surface area (TPSA) is 65.1 Å². The number of hydrogen-bond donors (Lipinski definition) is 3. The minimum Gasteiger partial charge on any atom is -0.361 e. The molecule has 5 nitrogen and oxygen atoms in total. The lowest BCUT2D eigenvalue weighted by atomic mass is 10.1. The Hall–Kier alpha value is -2.55. The van der Waals surface area contributed by atoms with Gasteiger partial charge in [0.25, 0.3) is 0 Å². The first-order chi connectivity index (χ1) is 12.9. The van der Waals surface area contributed by atoms with Gasteiger partial charge in [-0.25, -0.2) is 4.98 Å². The third-order valence-corrected chi connectivity index (χ3v) is 4.93. The number of alkyl halides is 3. The fourth-order valence-corrected chi connectivity index (χ4v) is 3.47. The fourth-order valence-electron chi connectivity index (χ4n) is 2.72. The van der Waals surface area contributed by atoms with Crippen molar-refractivity contribution in [3.8, 4) is 0 Å². The Morgan fingerprint density at radius 3 is 2.81 bits per heavy atom. The molecule has 0 bridgehead atoms. The van der Waals surface area contributed by atoms with E-state index in [1.165, 1.54) is 16.5 Å². The highest BCUT2D eigenvalue weighted by molar-refractivity contribution is 7.09. The molecule has 144 valence electrons. The maximum atomic E-state index is 12.6. The van der Waals surface area contributed by atoms with Gasteiger partial charge in [-0.2, -0.15) is 13.2 Å². The van der Waals surface area contributed by atoms with Crippen LogP contribution in [0.5, 0.6) is 0 Å². The summed E-state index contributed by atoms with van der Waals surface area (Å²) in [6.45, 7) is 2.89. The second-order valence-corrected chi connectivity index (χ2v) is 7.03. The number of halogens is 3. The molecule has 0 amide bonds. The average molecular weight is 395 g/mol. The molecule has 0 unspecified atom stereocenters. The van der Waals surface area contributed by atoms with Gasteiger partial charge in [-0.05, 0) is 30.5 Å². The van der Waals surface area contributed by atoms with Crippen molar-refractivity contribution < 1.29 is 13.2 Å². The Labute approximate surface area is 158 Å². The number of aromatic nitrogens is 2. The molecule has 3 rings (SSSR count). The Balaban J connectivity index is 1.51. The molecule has 0 atom stereocenters. The highest BCUT2D eigenvalue weighted by atomic mass is 32.1. The van der Waals surface area contributed by atoms with Gasteiger partial charge in [0, 0.05) is 36.1 Å². The van der Waals surface area contributed by atoms with Crippen LogP contribution < -0.4 is 10.6 Å². The molecule has 0 radical (unpaired) electrons. The van der Waals surface area contributed by atoms with Crippen molar-refractivity contribution >= 4 is 28.2 Å². The average Bonchev–Trinajstić information content (AvgIpc) is 3.24. The van der Waals surface area contributed by atoms with E-state index < -0.39 is 11.9 Å². The van der Waals surface area contributed by atoms with E-state index in [0.29, 0.717) is 17.5 Å². The molecular formula is C18H20F3N5S. The number of benzene rings is 1. The number of aromatic amines is 1. The van der Waals surface area contributed by atoms with E-state index in [9.17, 15) is 13.2 Å². The van der Waals surface area contributed by atoms with Crippen LogP contribution in [0.3, 0.4) is 0 Å². The molecule has 0 spiro atoms. The maximum absolute atomic E-state index is 12.6. The molecule has 0 aliphatic heterocycles. The molecule has 0 aliphatic rings. The number of fused-ring (bicyclic) bond motifs is 1. The van der Waals surface area contributed by atoms with E-state index in [4.69, 9.17) is 0 Å². The van der Waals surface area contributed by atoms with Crippen LogP contribution in [0.25, 0.3) is 10.9 Å². The number of nitrogens with one attached hydrogen (secondary N) is 3. The van der Waals surface area contributed by atoms with Crippen molar-refractivity contribution in [1.29, 1.82) is 0 Å². The van der Waals surface area contributed by atoms with Crippen molar-refractivity contribution in [2.45, 2.75) is 26.1 Å². The van der Waals surface area contributed by atoms with Gasteiger partial charge in [-0.3, -0.25) is 4.99 Å².